The fraction of sp³-hybridized carbons (Fsp3) is 0.500. The molecule has 2 rings (SSSR count). The molecule has 142 valence electrons. The van der Waals surface area contributed by atoms with Gasteiger partial charge in [0.2, 0.25) is 6.10 Å². The highest BCUT2D eigenvalue weighted by Gasteiger charge is 2.32. The minimum absolute atomic E-state index is 0.188. The number of nitrogens with one attached hydrogen (secondary N) is 1. The molecule has 1 aromatic carbocycles. The highest BCUT2D eigenvalue weighted by Crippen LogP contribution is 2.33. The average molecular weight is 380 g/mol. The number of nitrogens with zero attached hydrogens (tertiary/aromatic N) is 1. The number of anilines is 1. The number of para-hydroxylation sites is 2. The largest absolute Gasteiger partial charge is 0.475 e. The molecule has 0 radical (unpaired) electrons. The number of unbranched alkanes of at least 4 members (excludes halogenated alkanes) is 2. The lowest BCUT2D eigenvalue weighted by atomic mass is 10.2. The predicted octanol–water partition coefficient (Wildman–Crippen LogP) is 2.03. The molecule has 1 aliphatic rings. The molecule has 0 unspecified atom stereocenters. The highest BCUT2D eigenvalue weighted by molar-refractivity contribution is 7.80. The molecule has 0 saturated carbocycles. The molecule has 0 bridgehead atoms. The van der Waals surface area contributed by atoms with Gasteiger partial charge in [0.05, 0.1) is 26.5 Å². The van der Waals surface area contributed by atoms with Crippen molar-refractivity contribution in [2.75, 3.05) is 32.2 Å². The first kappa shape index (κ1) is 20.0. The lowest BCUT2D eigenvalue weighted by Gasteiger charge is -2.35. The van der Waals surface area contributed by atoms with E-state index in [0.717, 1.165) is 24.9 Å². The molecule has 8 heteroatoms. The first-order chi connectivity index (χ1) is 12.6. The number of carbonyl (C=O) groups excluding carboxylic acids is 2. The zero-order chi connectivity index (χ0) is 18.9. The van der Waals surface area contributed by atoms with E-state index in [1.165, 1.54) is 14.2 Å². The van der Waals surface area contributed by atoms with E-state index in [1.54, 1.807) is 6.07 Å². The van der Waals surface area contributed by atoms with Crippen molar-refractivity contribution in [1.82, 2.24) is 5.32 Å². The third-order valence-corrected chi connectivity index (χ3v) is 4.41. The Hall–Kier alpha value is -2.35. The standard InChI is InChI=1S/C18H24N2O5S/c1-23-16(21)10-4-3-7-11-19-18(26)20-12-15(17(22)24-2)25-14-9-6-5-8-13(14)20/h5-6,8-9,15H,3-4,7,10-12H2,1-2H3,(H,19,26)/t15-/m1/s1. The van der Waals surface area contributed by atoms with Crippen LogP contribution in [0, 0.1) is 0 Å². The maximum absolute atomic E-state index is 11.9. The quantitative estimate of drug-likeness (QED) is 0.437. The third-order valence-electron chi connectivity index (χ3n) is 4.04. The topological polar surface area (TPSA) is 77.1 Å². The molecule has 26 heavy (non-hydrogen) atoms. The summed E-state index contributed by atoms with van der Waals surface area (Å²) in [5.41, 5.74) is 0.816. The van der Waals surface area contributed by atoms with Crippen molar-refractivity contribution in [2.45, 2.75) is 31.8 Å². The molecule has 0 amide bonds. The van der Waals surface area contributed by atoms with E-state index in [-0.39, 0.29) is 12.5 Å². The fourth-order valence-corrected chi connectivity index (χ4v) is 2.92. The summed E-state index contributed by atoms with van der Waals surface area (Å²) in [6.07, 6.45) is 2.26. The van der Waals surface area contributed by atoms with Gasteiger partial charge in [0.25, 0.3) is 0 Å². The Balaban J connectivity index is 1.88. The molecule has 0 spiro atoms. The Morgan fingerprint density at radius 3 is 2.73 bits per heavy atom. The zero-order valence-corrected chi connectivity index (χ0v) is 15.8. The van der Waals surface area contributed by atoms with E-state index in [2.05, 4.69) is 10.1 Å². The number of benzene rings is 1. The van der Waals surface area contributed by atoms with Gasteiger partial charge in [0.1, 0.15) is 5.75 Å². The molecule has 0 saturated heterocycles. The van der Waals surface area contributed by atoms with Crippen molar-refractivity contribution in [3.8, 4) is 5.75 Å². The van der Waals surface area contributed by atoms with Gasteiger partial charge in [-0.2, -0.15) is 0 Å². The molecule has 0 fully saturated rings. The summed E-state index contributed by atoms with van der Waals surface area (Å²) in [7, 11) is 2.73. The number of fused-ring (bicyclic) bond motifs is 1. The summed E-state index contributed by atoms with van der Waals surface area (Å²) >= 11 is 5.50. The maximum Gasteiger partial charge on any atom is 0.348 e. The lowest BCUT2D eigenvalue weighted by Crippen LogP contribution is -2.50. The van der Waals surface area contributed by atoms with Crippen molar-refractivity contribution < 1.29 is 23.8 Å². The number of ether oxygens (including phenoxy) is 3. The van der Waals surface area contributed by atoms with Crippen LogP contribution in [0.5, 0.6) is 5.75 Å². The second-order valence-corrected chi connectivity index (χ2v) is 6.21. The van der Waals surface area contributed by atoms with Crippen LogP contribution >= 0.6 is 12.2 Å². The Labute approximate surface area is 158 Å². The van der Waals surface area contributed by atoms with Gasteiger partial charge in [0.15, 0.2) is 5.11 Å². The lowest BCUT2D eigenvalue weighted by molar-refractivity contribution is -0.148. The normalized spacial score (nSPS) is 15.5. The number of esters is 2. The first-order valence-corrected chi connectivity index (χ1v) is 8.93. The van der Waals surface area contributed by atoms with E-state index in [9.17, 15) is 9.59 Å². The minimum atomic E-state index is -0.727. The predicted molar refractivity (Wildman–Crippen MR) is 101 cm³/mol. The van der Waals surface area contributed by atoms with Gasteiger partial charge in [-0.3, -0.25) is 4.79 Å². The summed E-state index contributed by atoms with van der Waals surface area (Å²) in [6.45, 7) is 0.973. The summed E-state index contributed by atoms with van der Waals surface area (Å²) in [4.78, 5) is 24.8. The molecule has 7 nitrogen and oxygen atoms in total. The number of hydrogen-bond acceptors (Lipinski definition) is 6. The van der Waals surface area contributed by atoms with E-state index >= 15 is 0 Å². The van der Waals surface area contributed by atoms with Crippen LogP contribution in [0.25, 0.3) is 0 Å². The van der Waals surface area contributed by atoms with Crippen molar-refractivity contribution in [3.05, 3.63) is 24.3 Å². The first-order valence-electron chi connectivity index (χ1n) is 8.52. The van der Waals surface area contributed by atoms with Crippen LogP contribution in [-0.4, -0.2) is 50.5 Å². The van der Waals surface area contributed by atoms with Crippen molar-refractivity contribution >= 4 is 35.0 Å². The number of rotatable bonds is 7. The molecule has 1 heterocycles. The van der Waals surface area contributed by atoms with Crippen LogP contribution in [0.15, 0.2) is 24.3 Å². The van der Waals surface area contributed by atoms with E-state index in [0.29, 0.717) is 23.8 Å². The van der Waals surface area contributed by atoms with Crippen LogP contribution < -0.4 is 15.0 Å². The van der Waals surface area contributed by atoms with Crippen molar-refractivity contribution in [2.24, 2.45) is 0 Å². The van der Waals surface area contributed by atoms with Gasteiger partial charge in [0, 0.05) is 13.0 Å². The van der Waals surface area contributed by atoms with Gasteiger partial charge in [-0.05, 0) is 37.2 Å². The number of thiocarbonyl (C=S) groups is 1. The minimum Gasteiger partial charge on any atom is -0.475 e. The molecule has 1 aliphatic heterocycles. The van der Waals surface area contributed by atoms with E-state index in [1.807, 2.05) is 23.1 Å². The Kier molecular flexibility index (Phi) is 7.65. The van der Waals surface area contributed by atoms with E-state index < -0.39 is 12.1 Å². The van der Waals surface area contributed by atoms with Gasteiger partial charge in [-0.15, -0.1) is 0 Å². The smallest absolute Gasteiger partial charge is 0.348 e. The Morgan fingerprint density at radius 2 is 2.00 bits per heavy atom. The summed E-state index contributed by atoms with van der Waals surface area (Å²) in [5.74, 6) is -0.0289. The molecule has 1 aromatic rings. The van der Waals surface area contributed by atoms with Gasteiger partial charge >= 0.3 is 11.9 Å². The number of carbonyl (C=O) groups is 2. The van der Waals surface area contributed by atoms with Crippen LogP contribution in [0.1, 0.15) is 25.7 Å². The Bertz CT molecular complexity index is 652. The van der Waals surface area contributed by atoms with Crippen LogP contribution in [0.2, 0.25) is 0 Å². The second-order valence-electron chi connectivity index (χ2n) is 5.83. The summed E-state index contributed by atoms with van der Waals surface area (Å²) in [6, 6.07) is 7.43. The fourth-order valence-electron chi connectivity index (χ4n) is 2.64. The average Bonchev–Trinajstić information content (AvgIpc) is 2.68. The van der Waals surface area contributed by atoms with Crippen molar-refractivity contribution in [1.29, 1.82) is 0 Å². The van der Waals surface area contributed by atoms with E-state index in [4.69, 9.17) is 21.7 Å². The van der Waals surface area contributed by atoms with Crippen molar-refractivity contribution in [3.63, 3.8) is 0 Å². The van der Waals surface area contributed by atoms with Crippen LogP contribution in [0.4, 0.5) is 5.69 Å². The SMILES string of the molecule is COC(=O)CCCCCNC(=S)N1C[C@H](C(=O)OC)Oc2ccccc21. The zero-order valence-electron chi connectivity index (χ0n) is 15.0. The molecule has 0 aliphatic carbocycles. The molecular weight excluding hydrogens is 356 g/mol. The monoisotopic (exact) mass is 380 g/mol. The Morgan fingerprint density at radius 1 is 1.23 bits per heavy atom. The maximum atomic E-state index is 11.9. The molecule has 1 atom stereocenters. The third kappa shape index (κ3) is 5.32. The highest BCUT2D eigenvalue weighted by atomic mass is 32.1. The van der Waals surface area contributed by atoms with Gasteiger partial charge in [-0.1, -0.05) is 18.6 Å². The molecular formula is C18H24N2O5S. The van der Waals surface area contributed by atoms with Gasteiger partial charge < -0.3 is 24.4 Å². The molecule has 0 aromatic heterocycles. The second kappa shape index (κ2) is 9.96. The summed E-state index contributed by atoms with van der Waals surface area (Å²) < 4.78 is 15.1. The number of hydrogen-bond donors (Lipinski definition) is 1. The van der Waals surface area contributed by atoms with Crippen LogP contribution in [-0.2, 0) is 19.1 Å². The summed E-state index contributed by atoms with van der Waals surface area (Å²) in [5, 5.41) is 3.74. The van der Waals surface area contributed by atoms with Crippen LogP contribution in [0.3, 0.4) is 0 Å². The number of methoxy groups -OCH3 is 2. The van der Waals surface area contributed by atoms with Gasteiger partial charge in [-0.25, -0.2) is 4.79 Å². The molecule has 1 N–H and O–H groups in total.